The van der Waals surface area contributed by atoms with E-state index in [4.69, 9.17) is 5.73 Å². The van der Waals surface area contributed by atoms with Crippen LogP contribution in [0, 0.1) is 6.92 Å². The van der Waals surface area contributed by atoms with Crippen molar-refractivity contribution in [3.8, 4) is 0 Å². The highest BCUT2D eigenvalue weighted by molar-refractivity contribution is 7.99. The average molecular weight is 279 g/mol. The summed E-state index contributed by atoms with van der Waals surface area (Å²) in [5.74, 6) is 0.633. The molecule has 0 amide bonds. The monoisotopic (exact) mass is 279 g/mol. The van der Waals surface area contributed by atoms with E-state index in [1.165, 1.54) is 22.8 Å². The largest absolute Gasteiger partial charge is 0.382 e. The zero-order chi connectivity index (χ0) is 13.1. The van der Waals surface area contributed by atoms with Crippen molar-refractivity contribution in [2.75, 3.05) is 23.4 Å². The van der Waals surface area contributed by atoms with Crippen LogP contribution in [0.5, 0.6) is 0 Å². The van der Waals surface area contributed by atoms with Crippen molar-refractivity contribution in [2.45, 2.75) is 18.7 Å². The average Bonchev–Trinajstić information content (AvgIpc) is 2.72. The summed E-state index contributed by atoms with van der Waals surface area (Å²) in [6.07, 6.45) is 2.04. The Kier molecular flexibility index (Phi) is 4.14. The highest BCUT2D eigenvalue weighted by atomic mass is 32.2. The molecule has 5 heteroatoms. The van der Waals surface area contributed by atoms with Crippen LogP contribution in [0.4, 0.5) is 16.5 Å². The molecule has 0 radical (unpaired) electrons. The molecule has 0 aliphatic carbocycles. The molecule has 0 aliphatic heterocycles. The Morgan fingerprint density at radius 1 is 1.44 bits per heavy atom. The zero-order valence-electron chi connectivity index (χ0n) is 10.8. The van der Waals surface area contributed by atoms with E-state index in [2.05, 4.69) is 47.4 Å². The van der Waals surface area contributed by atoms with Crippen LogP contribution in [0.1, 0.15) is 12.5 Å². The molecule has 96 valence electrons. The van der Waals surface area contributed by atoms with E-state index >= 15 is 0 Å². The Bertz CT molecular complexity index is 537. The minimum Gasteiger partial charge on any atom is -0.382 e. The highest BCUT2D eigenvalue weighted by Crippen LogP contribution is 2.40. The number of aryl methyl sites for hydroxylation is 1. The second-order valence-corrected chi connectivity index (χ2v) is 5.56. The summed E-state index contributed by atoms with van der Waals surface area (Å²) in [5.41, 5.74) is 8.35. The molecule has 0 aliphatic rings. The van der Waals surface area contributed by atoms with Gasteiger partial charge in [-0.3, -0.25) is 0 Å². The lowest BCUT2D eigenvalue weighted by Crippen LogP contribution is -2.15. The summed E-state index contributed by atoms with van der Waals surface area (Å²) in [6.45, 7) is 5.15. The maximum atomic E-state index is 5.90. The molecule has 2 rings (SSSR count). The van der Waals surface area contributed by atoms with E-state index in [-0.39, 0.29) is 0 Å². The number of hydrogen-bond donors (Lipinski definition) is 1. The van der Waals surface area contributed by atoms with Crippen molar-refractivity contribution in [1.29, 1.82) is 0 Å². The van der Waals surface area contributed by atoms with Crippen LogP contribution in [-0.2, 0) is 0 Å². The predicted octanol–water partition coefficient (Wildman–Crippen LogP) is 3.91. The van der Waals surface area contributed by atoms with Crippen LogP contribution in [0.25, 0.3) is 0 Å². The Labute approximate surface area is 116 Å². The summed E-state index contributed by atoms with van der Waals surface area (Å²) < 4.78 is 4.26. The first kappa shape index (κ1) is 13.2. The van der Waals surface area contributed by atoms with E-state index < -0.39 is 0 Å². The zero-order valence-corrected chi connectivity index (χ0v) is 12.4. The number of aromatic nitrogens is 1. The first-order valence-electron chi connectivity index (χ1n) is 5.80. The maximum absolute atomic E-state index is 5.90. The number of benzene rings is 1. The molecule has 0 unspecified atom stereocenters. The fourth-order valence-corrected chi connectivity index (χ4v) is 3.64. The fraction of sp³-hybridized carbons (Fsp3) is 0.308. The van der Waals surface area contributed by atoms with Gasteiger partial charge in [0, 0.05) is 12.2 Å². The quantitative estimate of drug-likeness (QED) is 0.862. The Hall–Kier alpha value is -1.20. The number of nitrogen functional groups attached to an aromatic ring is 1. The van der Waals surface area contributed by atoms with E-state index in [0.29, 0.717) is 5.82 Å². The highest BCUT2D eigenvalue weighted by Gasteiger charge is 2.17. The lowest BCUT2D eigenvalue weighted by molar-refractivity contribution is 1.02. The third kappa shape index (κ3) is 2.47. The molecule has 1 aromatic heterocycles. The molecule has 0 saturated heterocycles. The number of nitrogens with zero attached hydrogens (tertiary/aromatic N) is 2. The van der Waals surface area contributed by atoms with E-state index in [1.807, 2.05) is 6.26 Å². The maximum Gasteiger partial charge on any atom is 0.153 e. The minimum absolute atomic E-state index is 0.633. The molecule has 2 aromatic rings. The summed E-state index contributed by atoms with van der Waals surface area (Å²) in [4.78, 5) is 3.33. The Morgan fingerprint density at radius 2 is 2.22 bits per heavy atom. The van der Waals surface area contributed by atoms with Crippen molar-refractivity contribution in [2.24, 2.45) is 0 Å². The Balaban J connectivity index is 2.45. The molecule has 1 heterocycles. The van der Waals surface area contributed by atoms with Crippen LogP contribution in [0.3, 0.4) is 0 Å². The number of hydrogen-bond acceptors (Lipinski definition) is 5. The Morgan fingerprint density at radius 3 is 2.83 bits per heavy atom. The second-order valence-electron chi connectivity index (χ2n) is 3.99. The summed E-state index contributed by atoms with van der Waals surface area (Å²) >= 11 is 3.12. The van der Waals surface area contributed by atoms with Gasteiger partial charge in [0.2, 0.25) is 0 Å². The molecule has 0 fully saturated rings. The van der Waals surface area contributed by atoms with Crippen molar-refractivity contribution in [3.05, 3.63) is 29.8 Å². The van der Waals surface area contributed by atoms with Gasteiger partial charge in [0.25, 0.3) is 0 Å². The van der Waals surface area contributed by atoms with Crippen LogP contribution < -0.4 is 10.6 Å². The smallest absolute Gasteiger partial charge is 0.153 e. The van der Waals surface area contributed by atoms with Gasteiger partial charge in [0.05, 0.1) is 4.90 Å². The van der Waals surface area contributed by atoms with Gasteiger partial charge in [0.1, 0.15) is 5.00 Å². The summed E-state index contributed by atoms with van der Waals surface area (Å²) in [6, 6.07) is 8.49. The summed E-state index contributed by atoms with van der Waals surface area (Å²) in [5, 5.41) is 1.13. The van der Waals surface area contributed by atoms with Gasteiger partial charge in [-0.25, -0.2) is 0 Å². The van der Waals surface area contributed by atoms with Gasteiger partial charge < -0.3 is 10.6 Å². The number of rotatable bonds is 4. The standard InChI is InChI=1S/C13H17N3S2/c1-4-16(10-7-5-6-9(2)8-10)13-11(17-3)12(14)15-18-13/h5-8H,4H2,1-3H3,(H2,14,15). The topological polar surface area (TPSA) is 42.2 Å². The van der Waals surface area contributed by atoms with E-state index in [9.17, 15) is 0 Å². The second kappa shape index (κ2) is 5.63. The lowest BCUT2D eigenvalue weighted by Gasteiger charge is -2.22. The van der Waals surface area contributed by atoms with Crippen LogP contribution in [0.2, 0.25) is 0 Å². The van der Waals surface area contributed by atoms with Gasteiger partial charge in [-0.05, 0) is 49.3 Å². The molecule has 0 bridgehead atoms. The molecule has 2 N–H and O–H groups in total. The molecule has 18 heavy (non-hydrogen) atoms. The van der Waals surface area contributed by atoms with E-state index in [0.717, 1.165) is 16.4 Å². The normalized spacial score (nSPS) is 10.6. The summed E-state index contributed by atoms with van der Waals surface area (Å²) in [7, 11) is 0. The fourth-order valence-electron chi connectivity index (χ4n) is 1.89. The minimum atomic E-state index is 0.633. The number of thioether (sulfide) groups is 1. The number of nitrogens with two attached hydrogens (primary N) is 1. The van der Waals surface area contributed by atoms with Crippen LogP contribution in [-0.4, -0.2) is 17.2 Å². The number of anilines is 3. The molecule has 3 nitrogen and oxygen atoms in total. The van der Waals surface area contributed by atoms with Gasteiger partial charge in [-0.2, -0.15) is 4.37 Å². The first-order chi connectivity index (χ1) is 8.67. The third-order valence-electron chi connectivity index (χ3n) is 2.74. The molecule has 0 spiro atoms. The van der Waals surface area contributed by atoms with Crippen molar-refractivity contribution in [1.82, 2.24) is 4.37 Å². The van der Waals surface area contributed by atoms with Gasteiger partial charge in [-0.15, -0.1) is 11.8 Å². The molecular weight excluding hydrogens is 262 g/mol. The molecule has 1 aromatic carbocycles. The first-order valence-corrected chi connectivity index (χ1v) is 7.80. The van der Waals surface area contributed by atoms with Crippen LogP contribution in [0.15, 0.2) is 29.2 Å². The lowest BCUT2D eigenvalue weighted by atomic mass is 10.2. The van der Waals surface area contributed by atoms with Gasteiger partial charge in [-0.1, -0.05) is 12.1 Å². The van der Waals surface area contributed by atoms with E-state index in [1.54, 1.807) is 11.8 Å². The van der Waals surface area contributed by atoms with Crippen LogP contribution >= 0.6 is 23.3 Å². The van der Waals surface area contributed by atoms with Crippen molar-refractivity contribution < 1.29 is 0 Å². The molecular formula is C13H17N3S2. The van der Waals surface area contributed by atoms with Gasteiger partial charge in [0.15, 0.2) is 5.82 Å². The van der Waals surface area contributed by atoms with Gasteiger partial charge >= 0.3 is 0 Å². The SMILES string of the molecule is CCN(c1cccc(C)c1)c1snc(N)c1SC. The van der Waals surface area contributed by atoms with Crippen molar-refractivity contribution in [3.63, 3.8) is 0 Å². The third-order valence-corrected chi connectivity index (χ3v) is 4.56. The predicted molar refractivity (Wildman–Crippen MR) is 82.2 cm³/mol. The van der Waals surface area contributed by atoms with Crippen molar-refractivity contribution >= 4 is 39.8 Å². The molecule has 0 saturated carbocycles. The molecule has 0 atom stereocenters.